The molecule has 3 aromatic carbocycles. The molecule has 0 saturated heterocycles. The molecule has 9 heteroatoms. The quantitative estimate of drug-likeness (QED) is 0.203. The Balaban J connectivity index is 1.63. The van der Waals surface area contributed by atoms with Gasteiger partial charge in [0, 0.05) is 0 Å². The molecule has 0 aliphatic carbocycles. The lowest BCUT2D eigenvalue weighted by atomic mass is 10.1. The van der Waals surface area contributed by atoms with Crippen molar-refractivity contribution in [1.29, 1.82) is 0 Å². The average molecular weight is 480 g/mol. The molecule has 0 saturated carbocycles. The summed E-state index contributed by atoms with van der Waals surface area (Å²) in [6.45, 7) is 2.13. The summed E-state index contributed by atoms with van der Waals surface area (Å²) >= 11 is 0. The first-order valence-electron chi connectivity index (χ1n) is 10.7. The summed E-state index contributed by atoms with van der Waals surface area (Å²) in [5.74, 6) is 0.227. The van der Waals surface area contributed by atoms with Crippen LogP contribution in [0.3, 0.4) is 0 Å². The van der Waals surface area contributed by atoms with Gasteiger partial charge in [-0.15, -0.1) is 0 Å². The van der Waals surface area contributed by atoms with Crippen molar-refractivity contribution in [3.63, 3.8) is 0 Å². The van der Waals surface area contributed by atoms with E-state index in [1.54, 1.807) is 43.3 Å². The average Bonchev–Trinajstić information content (AvgIpc) is 2.86. The number of hydrazone groups is 1. The summed E-state index contributed by atoms with van der Waals surface area (Å²) in [6.07, 6.45) is 1.54. The molecular formula is C26H25FN2O6. The number of nitrogens with zero attached hydrogens (tertiary/aromatic N) is 1. The van der Waals surface area contributed by atoms with Crippen LogP contribution in [0.15, 0.2) is 65.8 Å². The standard InChI is InChI=1S/C26H25FN2O6/c1-4-34-24-14-18(6-12-22(24)35-26(31)19-7-9-20(27)10-8-19)16-28-29-25(30)15-17-5-11-21(32-2)23(13-17)33-3/h5-14,16H,4,15H2,1-3H3,(H,29,30)/b28-16+. The van der Waals surface area contributed by atoms with Gasteiger partial charge in [-0.2, -0.15) is 5.10 Å². The van der Waals surface area contributed by atoms with Crippen LogP contribution in [-0.2, 0) is 11.2 Å². The van der Waals surface area contributed by atoms with Crippen LogP contribution >= 0.6 is 0 Å². The zero-order valence-corrected chi connectivity index (χ0v) is 19.5. The first kappa shape index (κ1) is 25.2. The van der Waals surface area contributed by atoms with Gasteiger partial charge < -0.3 is 18.9 Å². The minimum atomic E-state index is -0.644. The number of carbonyl (C=O) groups excluding carboxylic acids is 2. The van der Waals surface area contributed by atoms with Gasteiger partial charge in [-0.05, 0) is 72.6 Å². The number of ether oxygens (including phenoxy) is 4. The molecule has 0 heterocycles. The Bertz CT molecular complexity index is 1210. The van der Waals surface area contributed by atoms with Gasteiger partial charge in [-0.25, -0.2) is 14.6 Å². The fourth-order valence-corrected chi connectivity index (χ4v) is 3.10. The number of methoxy groups -OCH3 is 2. The van der Waals surface area contributed by atoms with Crippen molar-refractivity contribution >= 4 is 18.1 Å². The van der Waals surface area contributed by atoms with Crippen LogP contribution in [-0.4, -0.2) is 38.9 Å². The Morgan fingerprint density at radius 1 is 0.914 bits per heavy atom. The number of benzene rings is 3. The third kappa shape index (κ3) is 7.04. The first-order valence-corrected chi connectivity index (χ1v) is 10.7. The lowest BCUT2D eigenvalue weighted by Gasteiger charge is -2.11. The number of amides is 1. The predicted molar refractivity (Wildman–Crippen MR) is 128 cm³/mol. The van der Waals surface area contributed by atoms with Crippen LogP contribution in [0.4, 0.5) is 4.39 Å². The number of hydrogen-bond acceptors (Lipinski definition) is 7. The summed E-state index contributed by atoms with van der Waals surface area (Å²) in [5.41, 5.74) is 4.03. The third-order valence-corrected chi connectivity index (χ3v) is 4.77. The molecule has 0 spiro atoms. The Hall–Kier alpha value is -4.40. The Morgan fingerprint density at radius 3 is 2.31 bits per heavy atom. The highest BCUT2D eigenvalue weighted by molar-refractivity contribution is 5.91. The van der Waals surface area contributed by atoms with Gasteiger partial charge in [-0.3, -0.25) is 4.79 Å². The summed E-state index contributed by atoms with van der Waals surface area (Å²) in [4.78, 5) is 24.6. The topological polar surface area (TPSA) is 95.5 Å². The molecule has 1 N–H and O–H groups in total. The van der Waals surface area contributed by atoms with Gasteiger partial charge >= 0.3 is 5.97 Å². The molecule has 0 fully saturated rings. The molecule has 0 aliphatic rings. The molecule has 1 amide bonds. The molecule has 0 unspecified atom stereocenters. The van der Waals surface area contributed by atoms with E-state index in [0.29, 0.717) is 29.4 Å². The monoisotopic (exact) mass is 480 g/mol. The van der Waals surface area contributed by atoms with E-state index in [9.17, 15) is 14.0 Å². The van der Waals surface area contributed by atoms with Crippen LogP contribution in [0.2, 0.25) is 0 Å². The Labute approximate surface area is 202 Å². The maximum atomic E-state index is 13.1. The second kappa shape index (κ2) is 12.2. The maximum absolute atomic E-state index is 13.1. The fraction of sp³-hybridized carbons (Fsp3) is 0.192. The zero-order valence-electron chi connectivity index (χ0n) is 19.5. The van der Waals surface area contributed by atoms with Gasteiger partial charge in [0.2, 0.25) is 5.91 Å². The van der Waals surface area contributed by atoms with Crippen molar-refractivity contribution < 1.29 is 32.9 Å². The van der Waals surface area contributed by atoms with Crippen molar-refractivity contribution in [1.82, 2.24) is 5.43 Å². The Morgan fingerprint density at radius 2 is 1.63 bits per heavy atom. The number of esters is 1. The van der Waals surface area contributed by atoms with Gasteiger partial charge in [-0.1, -0.05) is 6.07 Å². The van der Waals surface area contributed by atoms with E-state index in [2.05, 4.69) is 10.5 Å². The molecule has 3 aromatic rings. The highest BCUT2D eigenvalue weighted by Gasteiger charge is 2.13. The number of nitrogens with one attached hydrogen (secondary N) is 1. The van der Waals surface area contributed by atoms with Gasteiger partial charge in [0.05, 0.1) is 39.0 Å². The van der Waals surface area contributed by atoms with Crippen LogP contribution in [0.5, 0.6) is 23.0 Å². The Kier molecular flexibility index (Phi) is 8.77. The largest absolute Gasteiger partial charge is 0.493 e. The molecule has 0 bridgehead atoms. The van der Waals surface area contributed by atoms with Crippen molar-refractivity contribution in [2.45, 2.75) is 13.3 Å². The number of halogens is 1. The molecule has 3 rings (SSSR count). The normalized spacial score (nSPS) is 10.6. The summed E-state index contributed by atoms with van der Waals surface area (Å²) in [7, 11) is 3.06. The van der Waals surface area contributed by atoms with Crippen molar-refractivity contribution in [2.75, 3.05) is 20.8 Å². The van der Waals surface area contributed by atoms with E-state index in [0.717, 1.165) is 5.56 Å². The lowest BCUT2D eigenvalue weighted by Crippen LogP contribution is -2.19. The van der Waals surface area contributed by atoms with E-state index in [4.69, 9.17) is 18.9 Å². The van der Waals surface area contributed by atoms with Gasteiger partial charge in [0.1, 0.15) is 5.82 Å². The lowest BCUT2D eigenvalue weighted by molar-refractivity contribution is -0.120. The molecule has 182 valence electrons. The molecule has 0 aromatic heterocycles. The molecule has 0 aliphatic heterocycles. The van der Waals surface area contributed by atoms with Crippen molar-refractivity contribution in [3.05, 3.63) is 83.2 Å². The molecule has 0 atom stereocenters. The number of hydrogen-bond donors (Lipinski definition) is 1. The molecule has 35 heavy (non-hydrogen) atoms. The first-order chi connectivity index (χ1) is 16.9. The smallest absolute Gasteiger partial charge is 0.343 e. The van der Waals surface area contributed by atoms with E-state index < -0.39 is 11.8 Å². The molecule has 0 radical (unpaired) electrons. The summed E-state index contributed by atoms with van der Waals surface area (Å²) in [6, 6.07) is 15.1. The van der Waals surface area contributed by atoms with Crippen LogP contribution in [0.1, 0.15) is 28.4 Å². The molecule has 8 nitrogen and oxygen atoms in total. The van der Waals surface area contributed by atoms with Gasteiger partial charge in [0.25, 0.3) is 0 Å². The van der Waals surface area contributed by atoms with Crippen molar-refractivity contribution in [2.24, 2.45) is 5.10 Å². The summed E-state index contributed by atoms with van der Waals surface area (Å²) < 4.78 is 34.5. The maximum Gasteiger partial charge on any atom is 0.343 e. The fourth-order valence-electron chi connectivity index (χ4n) is 3.10. The summed E-state index contributed by atoms with van der Waals surface area (Å²) in [5, 5.41) is 3.98. The number of carbonyl (C=O) groups is 2. The van der Waals surface area contributed by atoms with Crippen LogP contribution < -0.4 is 24.4 Å². The van der Waals surface area contributed by atoms with E-state index in [1.807, 2.05) is 0 Å². The molecular weight excluding hydrogens is 455 g/mol. The third-order valence-electron chi connectivity index (χ3n) is 4.77. The highest BCUT2D eigenvalue weighted by Crippen LogP contribution is 2.29. The SMILES string of the molecule is CCOc1cc(/C=N/NC(=O)Cc2ccc(OC)c(OC)c2)ccc1OC(=O)c1ccc(F)cc1. The number of rotatable bonds is 10. The van der Waals surface area contributed by atoms with Crippen LogP contribution in [0, 0.1) is 5.82 Å². The van der Waals surface area contributed by atoms with Crippen molar-refractivity contribution in [3.8, 4) is 23.0 Å². The van der Waals surface area contributed by atoms with Crippen LogP contribution in [0.25, 0.3) is 0 Å². The van der Waals surface area contributed by atoms with E-state index in [1.165, 1.54) is 44.7 Å². The minimum Gasteiger partial charge on any atom is -0.493 e. The van der Waals surface area contributed by atoms with E-state index >= 15 is 0 Å². The predicted octanol–water partition coefficient (Wildman–Crippen LogP) is 4.15. The van der Waals surface area contributed by atoms with E-state index in [-0.39, 0.29) is 23.6 Å². The second-order valence-electron chi connectivity index (χ2n) is 7.19. The van der Waals surface area contributed by atoms with Gasteiger partial charge in [0.15, 0.2) is 23.0 Å². The zero-order chi connectivity index (χ0) is 25.2. The minimum absolute atomic E-state index is 0.0974. The second-order valence-corrected chi connectivity index (χ2v) is 7.19. The highest BCUT2D eigenvalue weighted by atomic mass is 19.1.